The fourth-order valence-electron chi connectivity index (χ4n) is 6.78. The molecule has 1 aromatic carbocycles. The zero-order chi connectivity index (χ0) is 28.6. The lowest BCUT2D eigenvalue weighted by atomic mass is 9.53. The lowest BCUT2D eigenvalue weighted by Gasteiger charge is -2.52. The van der Waals surface area contributed by atoms with Crippen LogP contribution in [0.5, 0.6) is 5.75 Å². The standard InChI is InChI=1S/C33H50O6/c1-6-9-10-11-12-13-14-15-16-17-21-38-31(36)28(35)25-19-18-24-22-23(4)32(5,37)33(20-7-2)27(24)29(25)39-30(33)26(34)8-3/h18-19,23,30,37H,6-17,20-22H2,1-5H3. The Balaban J connectivity index is 1.69. The monoisotopic (exact) mass is 542 g/mol. The first-order valence-electron chi connectivity index (χ1n) is 15.5. The second-order valence-corrected chi connectivity index (χ2v) is 11.9. The summed E-state index contributed by atoms with van der Waals surface area (Å²) < 4.78 is 11.7. The molecule has 3 rings (SSSR count). The third-order valence-corrected chi connectivity index (χ3v) is 9.21. The van der Waals surface area contributed by atoms with E-state index in [2.05, 4.69) is 6.92 Å². The van der Waals surface area contributed by atoms with Crippen molar-refractivity contribution in [3.63, 3.8) is 0 Å². The summed E-state index contributed by atoms with van der Waals surface area (Å²) in [4.78, 5) is 39.2. The van der Waals surface area contributed by atoms with Crippen LogP contribution in [0.25, 0.3) is 0 Å². The normalized spacial score (nSPS) is 25.2. The third kappa shape index (κ3) is 6.26. The van der Waals surface area contributed by atoms with E-state index in [0.717, 1.165) is 36.8 Å². The first-order chi connectivity index (χ1) is 18.7. The molecule has 0 fully saturated rings. The highest BCUT2D eigenvalue weighted by Gasteiger charge is 2.65. The molecule has 1 heterocycles. The van der Waals surface area contributed by atoms with Gasteiger partial charge in [-0.05, 0) is 43.7 Å². The van der Waals surface area contributed by atoms with Crippen molar-refractivity contribution in [2.45, 2.75) is 142 Å². The van der Waals surface area contributed by atoms with E-state index >= 15 is 0 Å². The Bertz CT molecular complexity index is 1010. The van der Waals surface area contributed by atoms with E-state index < -0.39 is 28.9 Å². The van der Waals surface area contributed by atoms with Crippen molar-refractivity contribution in [2.24, 2.45) is 5.92 Å². The number of hydrogen-bond acceptors (Lipinski definition) is 6. The number of aliphatic hydroxyl groups is 1. The molecule has 1 N–H and O–H groups in total. The molecule has 4 unspecified atom stereocenters. The topological polar surface area (TPSA) is 89.9 Å². The third-order valence-electron chi connectivity index (χ3n) is 9.21. The van der Waals surface area contributed by atoms with Crippen molar-refractivity contribution >= 4 is 17.5 Å². The Morgan fingerprint density at radius 2 is 1.56 bits per heavy atom. The second-order valence-electron chi connectivity index (χ2n) is 11.9. The molecule has 39 heavy (non-hydrogen) atoms. The summed E-state index contributed by atoms with van der Waals surface area (Å²) in [6.07, 6.45) is 13.0. The summed E-state index contributed by atoms with van der Waals surface area (Å²) in [7, 11) is 0. The van der Waals surface area contributed by atoms with Gasteiger partial charge in [0.15, 0.2) is 11.9 Å². The van der Waals surface area contributed by atoms with Crippen LogP contribution in [0, 0.1) is 5.92 Å². The van der Waals surface area contributed by atoms with E-state index in [-0.39, 0.29) is 36.0 Å². The number of unbranched alkanes of at least 4 members (excludes halogenated alkanes) is 9. The van der Waals surface area contributed by atoms with Crippen LogP contribution in [0.4, 0.5) is 0 Å². The molecule has 1 aliphatic carbocycles. The quantitative estimate of drug-likeness (QED) is 0.0981. The molecule has 0 bridgehead atoms. The van der Waals surface area contributed by atoms with E-state index in [4.69, 9.17) is 9.47 Å². The van der Waals surface area contributed by atoms with Crippen LogP contribution < -0.4 is 4.74 Å². The molecule has 2 aliphatic rings. The van der Waals surface area contributed by atoms with Crippen molar-refractivity contribution in [3.8, 4) is 5.75 Å². The van der Waals surface area contributed by atoms with E-state index in [1.165, 1.54) is 44.9 Å². The largest absolute Gasteiger partial charge is 0.480 e. The van der Waals surface area contributed by atoms with Gasteiger partial charge < -0.3 is 14.6 Å². The number of rotatable bonds is 17. The van der Waals surface area contributed by atoms with Gasteiger partial charge in [0.25, 0.3) is 5.78 Å². The maximum atomic E-state index is 13.3. The fourth-order valence-corrected chi connectivity index (χ4v) is 6.78. The Hall–Kier alpha value is -2.21. The molecule has 218 valence electrons. The first-order valence-corrected chi connectivity index (χ1v) is 15.5. The minimum atomic E-state index is -1.21. The molecule has 6 heteroatoms. The number of ketones is 2. The van der Waals surface area contributed by atoms with Crippen LogP contribution in [0.3, 0.4) is 0 Å². The molecular weight excluding hydrogens is 492 g/mol. The van der Waals surface area contributed by atoms with Crippen LogP contribution in [0.15, 0.2) is 12.1 Å². The van der Waals surface area contributed by atoms with Gasteiger partial charge in [-0.2, -0.15) is 0 Å². The highest BCUT2D eigenvalue weighted by molar-refractivity contribution is 6.41. The van der Waals surface area contributed by atoms with Crippen molar-refractivity contribution < 1.29 is 29.0 Å². The van der Waals surface area contributed by atoms with Gasteiger partial charge >= 0.3 is 5.97 Å². The predicted molar refractivity (Wildman–Crippen MR) is 153 cm³/mol. The van der Waals surface area contributed by atoms with Crippen molar-refractivity contribution in [1.29, 1.82) is 0 Å². The van der Waals surface area contributed by atoms with Crippen LogP contribution in [0.2, 0.25) is 0 Å². The van der Waals surface area contributed by atoms with Crippen molar-refractivity contribution in [1.82, 2.24) is 0 Å². The maximum Gasteiger partial charge on any atom is 0.379 e. The average Bonchev–Trinajstić information content (AvgIpc) is 3.27. The van der Waals surface area contributed by atoms with E-state index in [0.29, 0.717) is 12.8 Å². The Morgan fingerprint density at radius 1 is 0.949 bits per heavy atom. The number of hydrogen-bond donors (Lipinski definition) is 1. The number of benzene rings is 1. The number of carbonyl (C=O) groups is 3. The zero-order valence-corrected chi connectivity index (χ0v) is 24.9. The maximum absolute atomic E-state index is 13.3. The zero-order valence-electron chi connectivity index (χ0n) is 24.9. The van der Waals surface area contributed by atoms with Gasteiger partial charge in [-0.25, -0.2) is 4.79 Å². The molecular formula is C33H50O6. The molecule has 0 amide bonds. The summed E-state index contributed by atoms with van der Waals surface area (Å²) >= 11 is 0. The smallest absolute Gasteiger partial charge is 0.379 e. The summed E-state index contributed by atoms with van der Waals surface area (Å²) in [6, 6.07) is 3.49. The molecule has 1 aromatic rings. The predicted octanol–water partition coefficient (Wildman–Crippen LogP) is 7.05. The lowest BCUT2D eigenvalue weighted by molar-refractivity contribution is -0.143. The molecule has 0 aromatic heterocycles. The summed E-state index contributed by atoms with van der Waals surface area (Å²) in [5, 5.41) is 11.9. The van der Waals surface area contributed by atoms with Crippen LogP contribution in [-0.4, -0.2) is 41.0 Å². The van der Waals surface area contributed by atoms with Crippen molar-refractivity contribution in [2.75, 3.05) is 6.61 Å². The minimum Gasteiger partial charge on any atom is -0.480 e. The Morgan fingerprint density at radius 3 is 2.15 bits per heavy atom. The molecule has 6 nitrogen and oxygen atoms in total. The van der Waals surface area contributed by atoms with Gasteiger partial charge in [-0.3, -0.25) is 9.59 Å². The molecule has 0 saturated heterocycles. The van der Waals surface area contributed by atoms with Gasteiger partial charge in [0.05, 0.1) is 23.2 Å². The number of ether oxygens (including phenoxy) is 2. The number of carbonyl (C=O) groups excluding carboxylic acids is 3. The van der Waals surface area contributed by atoms with E-state index in [9.17, 15) is 19.5 Å². The SMILES string of the molecule is CCCCCCCCCCCCOC(=O)C(=O)c1ccc2c3c1OC(C(=O)CC)C3(CCC)C(C)(O)C(C)C2. The Labute approximate surface area is 235 Å². The van der Waals surface area contributed by atoms with E-state index in [1.54, 1.807) is 19.9 Å². The number of Topliss-reactive ketones (excluding diaryl/α,β-unsaturated/α-hetero) is 2. The van der Waals surface area contributed by atoms with Gasteiger partial charge in [-0.15, -0.1) is 0 Å². The highest BCUT2D eigenvalue weighted by atomic mass is 16.5. The van der Waals surface area contributed by atoms with E-state index in [1.807, 2.05) is 19.9 Å². The lowest BCUT2D eigenvalue weighted by Crippen LogP contribution is -2.63. The Kier molecular flexibility index (Phi) is 11.2. The van der Waals surface area contributed by atoms with Gasteiger partial charge in [0.2, 0.25) is 0 Å². The number of esters is 1. The summed E-state index contributed by atoms with van der Waals surface area (Å²) in [5.74, 6) is -1.59. The minimum absolute atomic E-state index is 0.106. The molecule has 4 atom stereocenters. The van der Waals surface area contributed by atoms with Gasteiger partial charge in [0.1, 0.15) is 5.75 Å². The van der Waals surface area contributed by atoms with Gasteiger partial charge in [0, 0.05) is 12.0 Å². The molecule has 0 saturated carbocycles. The highest BCUT2D eigenvalue weighted by Crippen LogP contribution is 2.60. The molecule has 0 spiro atoms. The van der Waals surface area contributed by atoms with Crippen molar-refractivity contribution in [3.05, 3.63) is 28.8 Å². The van der Waals surface area contributed by atoms with Crippen LogP contribution in [0.1, 0.15) is 140 Å². The average molecular weight is 543 g/mol. The summed E-state index contributed by atoms with van der Waals surface area (Å²) in [6.45, 7) is 10.0. The van der Waals surface area contributed by atoms with Gasteiger partial charge in [-0.1, -0.05) is 98.0 Å². The van der Waals surface area contributed by atoms with Crippen LogP contribution >= 0.6 is 0 Å². The second kappa shape index (κ2) is 13.9. The summed E-state index contributed by atoms with van der Waals surface area (Å²) in [5.41, 5.74) is -0.354. The molecule has 1 aliphatic heterocycles. The molecule has 0 radical (unpaired) electrons. The van der Waals surface area contributed by atoms with Crippen LogP contribution in [-0.2, 0) is 26.2 Å². The first kappa shape index (κ1) is 31.3. The fraction of sp³-hybridized carbons (Fsp3) is 0.727.